The second-order valence-corrected chi connectivity index (χ2v) is 6.33. The molecule has 0 spiro atoms. The second-order valence-electron chi connectivity index (χ2n) is 6.33. The van der Waals surface area contributed by atoms with Gasteiger partial charge < -0.3 is 19.7 Å². The van der Waals surface area contributed by atoms with Crippen molar-refractivity contribution < 1.29 is 14.3 Å². The standard InChI is InChI=1S/C21H26N2O3/c24-21(23-12-5-2-6-13-23)17-22-18-8-7-11-20(16-18)26-15-14-25-19-9-3-1-4-10-19/h1,3-4,7-11,16,22H,2,5-6,12-15,17H2. The van der Waals surface area contributed by atoms with Crippen molar-refractivity contribution in [2.45, 2.75) is 19.3 Å². The highest BCUT2D eigenvalue weighted by molar-refractivity contribution is 5.81. The highest BCUT2D eigenvalue weighted by atomic mass is 16.5. The molecule has 0 unspecified atom stereocenters. The molecule has 3 rings (SSSR count). The zero-order valence-electron chi connectivity index (χ0n) is 15.0. The molecule has 0 atom stereocenters. The number of carbonyl (C=O) groups is 1. The fourth-order valence-corrected chi connectivity index (χ4v) is 2.96. The summed E-state index contributed by atoms with van der Waals surface area (Å²) in [6.07, 6.45) is 3.45. The lowest BCUT2D eigenvalue weighted by atomic mass is 10.1. The molecule has 26 heavy (non-hydrogen) atoms. The molecule has 0 radical (unpaired) electrons. The minimum atomic E-state index is 0.160. The first kappa shape index (κ1) is 18.1. The van der Waals surface area contributed by atoms with Gasteiger partial charge in [-0.05, 0) is 43.5 Å². The normalized spacial score (nSPS) is 13.9. The number of ether oxygens (including phenoxy) is 2. The van der Waals surface area contributed by atoms with E-state index in [0.29, 0.717) is 19.8 Å². The number of likely N-dealkylation sites (tertiary alicyclic amines) is 1. The van der Waals surface area contributed by atoms with Crippen LogP contribution >= 0.6 is 0 Å². The average molecular weight is 354 g/mol. The van der Waals surface area contributed by atoms with Crippen molar-refractivity contribution >= 4 is 11.6 Å². The van der Waals surface area contributed by atoms with E-state index in [1.54, 1.807) is 0 Å². The maximum absolute atomic E-state index is 12.2. The maximum atomic E-state index is 12.2. The van der Waals surface area contributed by atoms with Gasteiger partial charge in [-0.15, -0.1) is 0 Å². The van der Waals surface area contributed by atoms with E-state index in [4.69, 9.17) is 9.47 Å². The van der Waals surface area contributed by atoms with Gasteiger partial charge in [0.2, 0.25) is 5.91 Å². The van der Waals surface area contributed by atoms with Crippen LogP contribution in [0.1, 0.15) is 19.3 Å². The Hall–Kier alpha value is -2.69. The Morgan fingerprint density at radius 1 is 0.885 bits per heavy atom. The van der Waals surface area contributed by atoms with Crippen LogP contribution in [0.5, 0.6) is 11.5 Å². The molecule has 5 heteroatoms. The van der Waals surface area contributed by atoms with E-state index in [-0.39, 0.29) is 5.91 Å². The summed E-state index contributed by atoms with van der Waals surface area (Å²) in [6, 6.07) is 17.3. The van der Waals surface area contributed by atoms with Crippen molar-refractivity contribution in [1.82, 2.24) is 4.90 Å². The maximum Gasteiger partial charge on any atom is 0.241 e. The van der Waals surface area contributed by atoms with E-state index in [2.05, 4.69) is 5.32 Å². The molecule has 1 aliphatic rings. The Morgan fingerprint density at radius 2 is 1.58 bits per heavy atom. The summed E-state index contributed by atoms with van der Waals surface area (Å²) in [5, 5.41) is 3.20. The Bertz CT molecular complexity index is 685. The van der Waals surface area contributed by atoms with Crippen molar-refractivity contribution in [3.05, 3.63) is 54.6 Å². The highest BCUT2D eigenvalue weighted by Crippen LogP contribution is 2.18. The number of piperidine rings is 1. The second kappa shape index (κ2) is 9.70. The summed E-state index contributed by atoms with van der Waals surface area (Å²) < 4.78 is 11.3. The first-order chi connectivity index (χ1) is 12.8. The topological polar surface area (TPSA) is 50.8 Å². The highest BCUT2D eigenvalue weighted by Gasteiger charge is 2.15. The fraction of sp³-hybridized carbons (Fsp3) is 0.381. The van der Waals surface area contributed by atoms with Gasteiger partial charge >= 0.3 is 0 Å². The van der Waals surface area contributed by atoms with Crippen molar-refractivity contribution in [2.75, 3.05) is 38.2 Å². The van der Waals surface area contributed by atoms with Crippen LogP contribution in [-0.2, 0) is 4.79 Å². The van der Waals surface area contributed by atoms with Crippen molar-refractivity contribution in [1.29, 1.82) is 0 Å². The van der Waals surface area contributed by atoms with E-state index in [1.165, 1.54) is 6.42 Å². The molecule has 138 valence electrons. The molecule has 2 aromatic rings. The van der Waals surface area contributed by atoms with Crippen LogP contribution in [-0.4, -0.2) is 43.7 Å². The van der Waals surface area contributed by atoms with Crippen LogP contribution < -0.4 is 14.8 Å². The first-order valence-electron chi connectivity index (χ1n) is 9.23. The molecule has 0 aliphatic carbocycles. The number of anilines is 1. The van der Waals surface area contributed by atoms with Crippen LogP contribution in [0, 0.1) is 0 Å². The summed E-state index contributed by atoms with van der Waals surface area (Å²) in [6.45, 7) is 3.02. The molecule has 2 aromatic carbocycles. The van der Waals surface area contributed by atoms with Crippen LogP contribution in [0.25, 0.3) is 0 Å². The molecule has 0 bridgehead atoms. The molecule has 1 amide bonds. The first-order valence-corrected chi connectivity index (χ1v) is 9.23. The predicted octanol–water partition coefficient (Wildman–Crippen LogP) is 3.57. The van der Waals surface area contributed by atoms with E-state index in [0.717, 1.165) is 43.1 Å². The zero-order valence-corrected chi connectivity index (χ0v) is 15.0. The van der Waals surface area contributed by atoms with E-state index < -0.39 is 0 Å². The molecule has 1 saturated heterocycles. The molecule has 5 nitrogen and oxygen atoms in total. The van der Waals surface area contributed by atoms with Gasteiger partial charge in [0, 0.05) is 24.8 Å². The number of nitrogens with zero attached hydrogens (tertiary/aromatic N) is 1. The smallest absolute Gasteiger partial charge is 0.241 e. The zero-order chi connectivity index (χ0) is 18.0. The van der Waals surface area contributed by atoms with Crippen LogP contribution in [0.2, 0.25) is 0 Å². The van der Waals surface area contributed by atoms with Gasteiger partial charge in [0.1, 0.15) is 24.7 Å². The van der Waals surface area contributed by atoms with Gasteiger partial charge in [-0.1, -0.05) is 24.3 Å². The van der Waals surface area contributed by atoms with Crippen LogP contribution in [0.3, 0.4) is 0 Å². The predicted molar refractivity (Wildman–Crippen MR) is 103 cm³/mol. The lowest BCUT2D eigenvalue weighted by Gasteiger charge is -2.26. The molecule has 1 aliphatic heterocycles. The Balaban J connectivity index is 1.40. The lowest BCUT2D eigenvalue weighted by molar-refractivity contribution is -0.130. The van der Waals surface area contributed by atoms with Gasteiger partial charge in [0.25, 0.3) is 0 Å². The number of hydrogen-bond donors (Lipinski definition) is 1. The molecular formula is C21H26N2O3. The largest absolute Gasteiger partial charge is 0.490 e. The van der Waals surface area contributed by atoms with Crippen molar-refractivity contribution in [2.24, 2.45) is 0 Å². The number of nitrogens with one attached hydrogen (secondary N) is 1. The summed E-state index contributed by atoms with van der Waals surface area (Å²) in [5.41, 5.74) is 0.886. The number of para-hydroxylation sites is 1. The number of benzene rings is 2. The molecule has 1 fully saturated rings. The number of amides is 1. The van der Waals surface area contributed by atoms with Crippen LogP contribution in [0.4, 0.5) is 5.69 Å². The minimum Gasteiger partial charge on any atom is -0.490 e. The third-order valence-corrected chi connectivity index (χ3v) is 4.35. The molecular weight excluding hydrogens is 328 g/mol. The fourth-order valence-electron chi connectivity index (χ4n) is 2.96. The number of carbonyl (C=O) groups excluding carboxylic acids is 1. The third-order valence-electron chi connectivity index (χ3n) is 4.35. The SMILES string of the molecule is O=C(CNc1cccc(OCCOc2ccccc2)c1)N1CCCCC1. The number of rotatable bonds is 8. The van der Waals surface area contributed by atoms with E-state index in [1.807, 2.05) is 59.5 Å². The molecule has 0 aromatic heterocycles. The van der Waals surface area contributed by atoms with Gasteiger partial charge in [0.05, 0.1) is 6.54 Å². The molecule has 1 heterocycles. The Morgan fingerprint density at radius 3 is 2.35 bits per heavy atom. The van der Waals surface area contributed by atoms with Gasteiger partial charge in [-0.25, -0.2) is 0 Å². The minimum absolute atomic E-state index is 0.160. The van der Waals surface area contributed by atoms with Gasteiger partial charge in [-0.3, -0.25) is 4.79 Å². The quantitative estimate of drug-likeness (QED) is 0.737. The van der Waals surface area contributed by atoms with Crippen molar-refractivity contribution in [3.8, 4) is 11.5 Å². The van der Waals surface area contributed by atoms with Crippen LogP contribution in [0.15, 0.2) is 54.6 Å². The lowest BCUT2D eigenvalue weighted by Crippen LogP contribution is -2.39. The average Bonchev–Trinajstić information content (AvgIpc) is 2.71. The third kappa shape index (κ3) is 5.69. The summed E-state index contributed by atoms with van der Waals surface area (Å²) in [7, 11) is 0. The summed E-state index contributed by atoms with van der Waals surface area (Å²) in [4.78, 5) is 14.2. The Labute approximate surface area is 154 Å². The Kier molecular flexibility index (Phi) is 6.76. The van der Waals surface area contributed by atoms with E-state index in [9.17, 15) is 4.79 Å². The molecule has 0 saturated carbocycles. The van der Waals surface area contributed by atoms with Gasteiger partial charge in [-0.2, -0.15) is 0 Å². The summed E-state index contributed by atoms with van der Waals surface area (Å²) >= 11 is 0. The molecule has 1 N–H and O–H groups in total. The van der Waals surface area contributed by atoms with Crippen molar-refractivity contribution in [3.63, 3.8) is 0 Å². The van der Waals surface area contributed by atoms with Gasteiger partial charge in [0.15, 0.2) is 0 Å². The van der Waals surface area contributed by atoms with E-state index >= 15 is 0 Å². The monoisotopic (exact) mass is 354 g/mol. The number of hydrogen-bond acceptors (Lipinski definition) is 4. The summed E-state index contributed by atoms with van der Waals surface area (Å²) in [5.74, 6) is 1.76.